The van der Waals surface area contributed by atoms with E-state index in [1.807, 2.05) is 0 Å². The second kappa shape index (κ2) is 11.4. The Labute approximate surface area is 194 Å². The van der Waals surface area contributed by atoms with E-state index in [1.165, 1.54) is 18.2 Å². The third-order valence-corrected chi connectivity index (χ3v) is 4.48. The highest BCUT2D eigenvalue weighted by atomic mass is 35.5. The molecule has 0 unspecified atom stereocenters. The lowest BCUT2D eigenvalue weighted by atomic mass is 10.1. The van der Waals surface area contributed by atoms with Crippen molar-refractivity contribution in [3.05, 3.63) is 51.5 Å². The van der Waals surface area contributed by atoms with E-state index in [9.17, 15) is 19.5 Å². The molecular formula is C21H22Cl2N2O7. The number of rotatable bonds is 9. The van der Waals surface area contributed by atoms with E-state index in [4.69, 9.17) is 37.8 Å². The molecule has 0 saturated heterocycles. The van der Waals surface area contributed by atoms with E-state index < -0.39 is 24.5 Å². The summed E-state index contributed by atoms with van der Waals surface area (Å²) in [5.41, 5.74) is 0.694. The highest BCUT2D eigenvalue weighted by Gasteiger charge is 2.16. The van der Waals surface area contributed by atoms with Gasteiger partial charge in [-0.25, -0.2) is 4.79 Å². The molecule has 0 heterocycles. The fourth-order valence-electron chi connectivity index (χ4n) is 2.53. The minimum atomic E-state index is -1.18. The minimum Gasteiger partial charge on any atom is -0.507 e. The summed E-state index contributed by atoms with van der Waals surface area (Å²) in [5.74, 6) is -1.44. The SMILES string of the molecule is CC(C)NC(=O)c1cc(Oc2c(Cl)cc(CCOC(=O)NCC(=O)O)cc2Cl)ccc1O. The first kappa shape index (κ1) is 25.1. The van der Waals surface area contributed by atoms with Crippen LogP contribution in [0.4, 0.5) is 4.79 Å². The molecule has 2 rings (SSSR count). The van der Waals surface area contributed by atoms with Crippen molar-refractivity contribution in [3.8, 4) is 17.2 Å². The molecule has 9 nitrogen and oxygen atoms in total. The van der Waals surface area contributed by atoms with Crippen LogP contribution >= 0.6 is 23.2 Å². The molecule has 0 bridgehead atoms. The molecule has 2 aromatic carbocycles. The van der Waals surface area contributed by atoms with Gasteiger partial charge >= 0.3 is 12.1 Å². The van der Waals surface area contributed by atoms with Crippen LogP contribution in [-0.4, -0.2) is 47.4 Å². The molecule has 4 N–H and O–H groups in total. The second-order valence-electron chi connectivity index (χ2n) is 6.93. The van der Waals surface area contributed by atoms with E-state index in [0.717, 1.165) is 0 Å². The first-order valence-corrected chi connectivity index (χ1v) is 10.2. The molecule has 0 saturated carbocycles. The Kier molecular flexibility index (Phi) is 8.98. The zero-order valence-electron chi connectivity index (χ0n) is 17.3. The van der Waals surface area contributed by atoms with Crippen molar-refractivity contribution < 1.29 is 34.1 Å². The average molecular weight is 485 g/mol. The second-order valence-corrected chi connectivity index (χ2v) is 7.75. The van der Waals surface area contributed by atoms with Crippen LogP contribution in [0.1, 0.15) is 29.8 Å². The van der Waals surface area contributed by atoms with Gasteiger partial charge in [-0.05, 0) is 49.7 Å². The van der Waals surface area contributed by atoms with Gasteiger partial charge in [0.15, 0.2) is 5.75 Å². The Morgan fingerprint density at radius 3 is 2.34 bits per heavy atom. The van der Waals surface area contributed by atoms with Crippen LogP contribution in [0.25, 0.3) is 0 Å². The number of hydrogen-bond donors (Lipinski definition) is 4. The molecule has 0 aromatic heterocycles. The van der Waals surface area contributed by atoms with Gasteiger partial charge in [0, 0.05) is 12.5 Å². The summed E-state index contributed by atoms with van der Waals surface area (Å²) in [6.07, 6.45) is -0.576. The van der Waals surface area contributed by atoms with Crippen LogP contribution in [0.3, 0.4) is 0 Å². The summed E-state index contributed by atoms with van der Waals surface area (Å²) in [6, 6.07) is 7.20. The third kappa shape index (κ3) is 7.51. The van der Waals surface area contributed by atoms with Gasteiger partial charge in [-0.3, -0.25) is 9.59 Å². The summed E-state index contributed by atoms with van der Waals surface area (Å²) in [4.78, 5) is 34.0. The number of phenols is 1. The number of nitrogens with one attached hydrogen (secondary N) is 2. The zero-order valence-corrected chi connectivity index (χ0v) is 18.8. The van der Waals surface area contributed by atoms with Crippen LogP contribution in [-0.2, 0) is 16.0 Å². The number of carbonyl (C=O) groups is 3. The van der Waals surface area contributed by atoms with Crippen LogP contribution in [0, 0.1) is 0 Å². The van der Waals surface area contributed by atoms with Crippen molar-refractivity contribution in [2.75, 3.05) is 13.2 Å². The number of aliphatic carboxylic acids is 1. The molecule has 0 atom stereocenters. The van der Waals surface area contributed by atoms with E-state index in [0.29, 0.717) is 5.56 Å². The van der Waals surface area contributed by atoms with Gasteiger partial charge in [0.2, 0.25) is 0 Å². The summed E-state index contributed by atoms with van der Waals surface area (Å²) in [7, 11) is 0. The Hall–Kier alpha value is -3.17. The quantitative estimate of drug-likeness (QED) is 0.422. The lowest BCUT2D eigenvalue weighted by Crippen LogP contribution is -2.30. The molecule has 0 fully saturated rings. The van der Waals surface area contributed by atoms with Crippen molar-refractivity contribution in [1.29, 1.82) is 0 Å². The smallest absolute Gasteiger partial charge is 0.407 e. The molecule has 0 spiro atoms. The molecule has 0 aliphatic carbocycles. The fraction of sp³-hybridized carbons (Fsp3) is 0.286. The van der Waals surface area contributed by atoms with Gasteiger partial charge in [-0.2, -0.15) is 0 Å². The maximum Gasteiger partial charge on any atom is 0.407 e. The van der Waals surface area contributed by atoms with Crippen LogP contribution in [0.2, 0.25) is 10.0 Å². The standard InChI is InChI=1S/C21H22Cl2N2O7/c1-11(2)25-20(29)14-9-13(3-4-17(14)26)32-19-15(22)7-12(8-16(19)23)5-6-31-21(30)24-10-18(27)28/h3-4,7-9,11,26H,5-6,10H2,1-2H3,(H,24,30)(H,25,29)(H,27,28). The van der Waals surface area contributed by atoms with Crippen molar-refractivity contribution in [1.82, 2.24) is 10.6 Å². The topological polar surface area (TPSA) is 134 Å². The number of benzene rings is 2. The van der Waals surface area contributed by atoms with Gasteiger partial charge in [-0.15, -0.1) is 0 Å². The summed E-state index contributed by atoms with van der Waals surface area (Å²) >= 11 is 12.6. The Balaban J connectivity index is 2.07. The van der Waals surface area contributed by atoms with E-state index in [1.54, 1.807) is 26.0 Å². The van der Waals surface area contributed by atoms with E-state index >= 15 is 0 Å². The van der Waals surface area contributed by atoms with Crippen LogP contribution in [0.5, 0.6) is 17.2 Å². The predicted molar refractivity (Wildman–Crippen MR) is 118 cm³/mol. The average Bonchev–Trinajstić information content (AvgIpc) is 2.69. The number of amides is 2. The molecular weight excluding hydrogens is 463 g/mol. The first-order valence-electron chi connectivity index (χ1n) is 9.49. The number of halogens is 2. The number of carboxylic acid groups (broad SMARTS) is 1. The normalized spacial score (nSPS) is 10.5. The molecule has 0 radical (unpaired) electrons. The molecule has 2 aromatic rings. The van der Waals surface area contributed by atoms with Crippen LogP contribution < -0.4 is 15.4 Å². The first-order chi connectivity index (χ1) is 15.1. The predicted octanol–water partition coefficient (Wildman–Crippen LogP) is 3.98. The van der Waals surface area contributed by atoms with E-state index in [-0.39, 0.29) is 51.9 Å². The lowest BCUT2D eigenvalue weighted by Gasteiger charge is -2.14. The number of phenolic OH excluding ortho intramolecular Hbond substituents is 1. The number of ether oxygens (including phenoxy) is 2. The Morgan fingerprint density at radius 1 is 1.09 bits per heavy atom. The van der Waals surface area contributed by atoms with Gasteiger partial charge < -0.3 is 30.3 Å². The lowest BCUT2D eigenvalue weighted by molar-refractivity contribution is -0.135. The number of alkyl carbamates (subject to hydrolysis) is 1. The van der Waals surface area contributed by atoms with Crippen molar-refractivity contribution in [2.24, 2.45) is 0 Å². The number of carbonyl (C=O) groups excluding carboxylic acids is 2. The molecule has 11 heteroatoms. The highest BCUT2D eigenvalue weighted by Crippen LogP contribution is 2.38. The molecule has 2 amide bonds. The zero-order chi connectivity index (χ0) is 23.8. The summed E-state index contributed by atoms with van der Waals surface area (Å²) in [5, 5.41) is 23.6. The van der Waals surface area contributed by atoms with E-state index in [2.05, 4.69) is 10.6 Å². The molecule has 0 aliphatic rings. The molecule has 32 heavy (non-hydrogen) atoms. The molecule has 172 valence electrons. The third-order valence-electron chi connectivity index (χ3n) is 3.92. The fourth-order valence-corrected chi connectivity index (χ4v) is 3.14. The Morgan fingerprint density at radius 2 is 1.75 bits per heavy atom. The van der Waals surface area contributed by atoms with Gasteiger partial charge in [0.1, 0.15) is 18.0 Å². The highest BCUT2D eigenvalue weighted by molar-refractivity contribution is 6.37. The number of carboxylic acids is 1. The van der Waals surface area contributed by atoms with Crippen LogP contribution in [0.15, 0.2) is 30.3 Å². The molecule has 0 aliphatic heterocycles. The van der Waals surface area contributed by atoms with Crippen molar-refractivity contribution in [3.63, 3.8) is 0 Å². The number of hydrogen-bond acceptors (Lipinski definition) is 6. The Bertz CT molecular complexity index is 989. The minimum absolute atomic E-state index is 0.0232. The van der Waals surface area contributed by atoms with Crippen molar-refractivity contribution in [2.45, 2.75) is 26.3 Å². The van der Waals surface area contributed by atoms with Gasteiger partial charge in [-0.1, -0.05) is 23.2 Å². The van der Waals surface area contributed by atoms with Gasteiger partial charge in [0.25, 0.3) is 5.91 Å². The largest absolute Gasteiger partial charge is 0.507 e. The maximum atomic E-state index is 12.2. The summed E-state index contributed by atoms with van der Waals surface area (Å²) in [6.45, 7) is 3.03. The summed E-state index contributed by atoms with van der Waals surface area (Å²) < 4.78 is 10.6. The monoisotopic (exact) mass is 484 g/mol. The van der Waals surface area contributed by atoms with Crippen molar-refractivity contribution >= 4 is 41.2 Å². The number of aromatic hydroxyl groups is 1. The van der Waals surface area contributed by atoms with Gasteiger partial charge in [0.05, 0.1) is 22.2 Å². The maximum absolute atomic E-state index is 12.2.